The maximum Gasteiger partial charge on any atom is 0.164 e. The molecule has 2 aliphatic rings. The first-order valence-corrected chi connectivity index (χ1v) is 14.9. The monoisotopic (exact) mass is 576 g/mol. The summed E-state index contributed by atoms with van der Waals surface area (Å²) in [5.74, 6) is 2.68. The first-order chi connectivity index (χ1) is 22.3. The fourth-order valence-electron chi connectivity index (χ4n) is 6.23. The molecule has 6 aromatic carbocycles. The van der Waals surface area contributed by atoms with Crippen LogP contribution in [0.15, 0.2) is 150 Å². The van der Waals surface area contributed by atoms with Gasteiger partial charge in [0.2, 0.25) is 0 Å². The van der Waals surface area contributed by atoms with Gasteiger partial charge in [-0.2, -0.15) is 0 Å². The molecule has 9 rings (SSSR count). The molecular formula is C40H24N4O. The molecule has 0 saturated carbocycles. The van der Waals surface area contributed by atoms with Crippen molar-refractivity contribution in [2.24, 2.45) is 0 Å². The molecule has 0 radical (unpaired) electrons. The first kappa shape index (κ1) is 25.3. The number of para-hydroxylation sites is 2. The van der Waals surface area contributed by atoms with Gasteiger partial charge in [0.05, 0.1) is 16.8 Å². The van der Waals surface area contributed by atoms with Crippen molar-refractivity contribution in [2.75, 3.05) is 0 Å². The van der Waals surface area contributed by atoms with E-state index in [1.54, 1.807) is 0 Å². The zero-order valence-corrected chi connectivity index (χ0v) is 24.1. The summed E-state index contributed by atoms with van der Waals surface area (Å²) in [6, 6.07) is 49.1. The minimum atomic E-state index is 0.617. The number of aromatic nitrogens is 4. The Morgan fingerprint density at radius 1 is 0.378 bits per heavy atom. The van der Waals surface area contributed by atoms with Gasteiger partial charge >= 0.3 is 0 Å². The van der Waals surface area contributed by atoms with E-state index < -0.39 is 0 Å². The molecule has 5 heteroatoms. The Balaban J connectivity index is 1.31. The number of hydrogen-bond acceptors (Lipinski definition) is 5. The second-order valence-electron chi connectivity index (χ2n) is 11.0. The lowest BCUT2D eigenvalue weighted by atomic mass is 9.93. The summed E-state index contributed by atoms with van der Waals surface area (Å²) in [5.41, 5.74) is 7.50. The molecule has 0 bridgehead atoms. The molecule has 2 aliphatic heterocycles. The summed E-state index contributed by atoms with van der Waals surface area (Å²) in [6.45, 7) is 0. The standard InChI is InChI=1S/C40H24N4O/c1-3-13-25(14-4-1)38-42-39(26-15-5-2-6-16-26)44-40(43-38)30-24-23-29(27-17-7-8-18-28(27)30)37-35-31-19-9-11-21-33(31)41-36(35)32-20-10-12-22-34(32)45-37/h1-24H. The van der Waals surface area contributed by atoms with Crippen molar-refractivity contribution in [1.82, 2.24) is 19.9 Å². The second-order valence-corrected chi connectivity index (χ2v) is 11.0. The van der Waals surface area contributed by atoms with Gasteiger partial charge in [0.1, 0.15) is 11.3 Å². The summed E-state index contributed by atoms with van der Waals surface area (Å²) in [5, 5.41) is 4.14. The van der Waals surface area contributed by atoms with E-state index in [-0.39, 0.29) is 0 Å². The SMILES string of the molecule is c1ccc(-c2nc(-c3ccccc3)nc(-c3ccc(-c4oc5ccccc5c5nc6ccccc6c4-5)c4ccccc34)n2)cc1. The summed E-state index contributed by atoms with van der Waals surface area (Å²) in [6.07, 6.45) is 0. The van der Waals surface area contributed by atoms with Crippen molar-refractivity contribution in [3.8, 4) is 56.7 Å². The number of nitrogens with zero attached hydrogens (tertiary/aromatic N) is 4. The van der Waals surface area contributed by atoms with Gasteiger partial charge in [-0.15, -0.1) is 0 Å². The Kier molecular flexibility index (Phi) is 5.74. The quantitative estimate of drug-likeness (QED) is 0.209. The zero-order chi connectivity index (χ0) is 29.7. The maximum absolute atomic E-state index is 6.75. The van der Waals surface area contributed by atoms with Gasteiger partial charge in [-0.1, -0.05) is 115 Å². The van der Waals surface area contributed by atoms with Gasteiger partial charge in [-0.25, -0.2) is 19.9 Å². The van der Waals surface area contributed by atoms with E-state index in [4.69, 9.17) is 24.4 Å². The molecule has 0 amide bonds. The third-order valence-corrected chi connectivity index (χ3v) is 8.33. The average molecular weight is 577 g/mol. The van der Waals surface area contributed by atoms with Crippen LogP contribution in [0.25, 0.3) is 89.4 Å². The topological polar surface area (TPSA) is 64.7 Å². The van der Waals surface area contributed by atoms with E-state index in [1.165, 1.54) is 0 Å². The summed E-state index contributed by atoms with van der Waals surface area (Å²) in [7, 11) is 0. The van der Waals surface area contributed by atoms with Crippen LogP contribution in [0.3, 0.4) is 0 Å². The van der Waals surface area contributed by atoms with Gasteiger partial charge in [0.15, 0.2) is 17.5 Å². The molecule has 0 spiro atoms. The normalized spacial score (nSPS) is 11.6. The van der Waals surface area contributed by atoms with E-state index in [1.807, 2.05) is 84.9 Å². The lowest BCUT2D eigenvalue weighted by molar-refractivity contribution is 0.622. The average Bonchev–Trinajstić information content (AvgIpc) is 3.52. The first-order valence-electron chi connectivity index (χ1n) is 14.9. The van der Waals surface area contributed by atoms with Crippen molar-refractivity contribution < 1.29 is 4.42 Å². The Morgan fingerprint density at radius 2 is 0.889 bits per heavy atom. The van der Waals surface area contributed by atoms with Gasteiger partial charge < -0.3 is 4.42 Å². The highest BCUT2D eigenvalue weighted by atomic mass is 16.3. The molecule has 45 heavy (non-hydrogen) atoms. The lowest BCUT2D eigenvalue weighted by Crippen LogP contribution is -2.00. The summed E-state index contributed by atoms with van der Waals surface area (Å²) in [4.78, 5) is 20.0. The van der Waals surface area contributed by atoms with E-state index in [9.17, 15) is 0 Å². The van der Waals surface area contributed by atoms with Crippen LogP contribution >= 0.6 is 0 Å². The fraction of sp³-hybridized carbons (Fsp3) is 0. The van der Waals surface area contributed by atoms with Crippen LogP contribution in [-0.2, 0) is 0 Å². The van der Waals surface area contributed by atoms with Crippen LogP contribution in [-0.4, -0.2) is 19.9 Å². The summed E-state index contributed by atoms with van der Waals surface area (Å²) >= 11 is 0. The van der Waals surface area contributed by atoms with Crippen molar-refractivity contribution in [3.05, 3.63) is 146 Å². The van der Waals surface area contributed by atoms with E-state index in [2.05, 4.69) is 60.7 Å². The molecule has 0 saturated heterocycles. The molecule has 3 heterocycles. The number of fused-ring (bicyclic) bond motifs is 6. The molecule has 210 valence electrons. The van der Waals surface area contributed by atoms with E-state index in [0.717, 1.165) is 71.9 Å². The Morgan fingerprint density at radius 3 is 1.58 bits per heavy atom. The Bertz CT molecular complexity index is 2430. The van der Waals surface area contributed by atoms with Crippen LogP contribution in [0.1, 0.15) is 0 Å². The summed E-state index contributed by atoms with van der Waals surface area (Å²) < 4.78 is 6.75. The number of benzene rings is 6. The highest BCUT2D eigenvalue weighted by Crippen LogP contribution is 2.46. The number of rotatable bonds is 4. The van der Waals surface area contributed by atoms with Crippen molar-refractivity contribution in [1.29, 1.82) is 0 Å². The van der Waals surface area contributed by atoms with Crippen LogP contribution in [0.5, 0.6) is 0 Å². The van der Waals surface area contributed by atoms with Gasteiger partial charge in [0.25, 0.3) is 0 Å². The van der Waals surface area contributed by atoms with Crippen molar-refractivity contribution in [3.63, 3.8) is 0 Å². The fourth-order valence-corrected chi connectivity index (χ4v) is 6.23. The minimum Gasteiger partial charge on any atom is -0.455 e. The third-order valence-electron chi connectivity index (χ3n) is 8.33. The van der Waals surface area contributed by atoms with Crippen molar-refractivity contribution in [2.45, 2.75) is 0 Å². The molecule has 7 aromatic rings. The Hall–Kier alpha value is -6.20. The van der Waals surface area contributed by atoms with Crippen LogP contribution in [0.2, 0.25) is 0 Å². The largest absolute Gasteiger partial charge is 0.455 e. The lowest BCUT2D eigenvalue weighted by Gasteiger charge is -2.15. The molecule has 1 aromatic heterocycles. The van der Waals surface area contributed by atoms with Gasteiger partial charge in [0, 0.05) is 33.0 Å². The zero-order valence-electron chi connectivity index (χ0n) is 24.1. The molecule has 5 nitrogen and oxygen atoms in total. The molecule has 0 fully saturated rings. The van der Waals surface area contributed by atoms with E-state index in [0.29, 0.717) is 17.5 Å². The highest BCUT2D eigenvalue weighted by molar-refractivity contribution is 6.13. The number of hydrogen-bond donors (Lipinski definition) is 0. The molecule has 0 unspecified atom stereocenters. The molecule has 0 aliphatic carbocycles. The van der Waals surface area contributed by atoms with E-state index >= 15 is 0 Å². The maximum atomic E-state index is 6.75. The van der Waals surface area contributed by atoms with Crippen LogP contribution in [0.4, 0.5) is 0 Å². The molecular weight excluding hydrogens is 552 g/mol. The third kappa shape index (κ3) is 4.17. The highest BCUT2D eigenvalue weighted by Gasteiger charge is 2.25. The van der Waals surface area contributed by atoms with Gasteiger partial charge in [-0.3, -0.25) is 0 Å². The predicted molar refractivity (Wildman–Crippen MR) is 181 cm³/mol. The molecule has 0 atom stereocenters. The van der Waals surface area contributed by atoms with Crippen LogP contribution < -0.4 is 0 Å². The Labute approximate surface area is 258 Å². The van der Waals surface area contributed by atoms with Crippen molar-refractivity contribution >= 4 is 32.6 Å². The van der Waals surface area contributed by atoms with Crippen LogP contribution in [0, 0.1) is 0 Å². The smallest absolute Gasteiger partial charge is 0.164 e. The van der Waals surface area contributed by atoms with Gasteiger partial charge in [-0.05, 0) is 41.1 Å². The predicted octanol–water partition coefficient (Wildman–Crippen LogP) is 10.1. The molecule has 0 N–H and O–H groups in total. The second kappa shape index (κ2) is 10.2. The minimum absolute atomic E-state index is 0.617.